The molecule has 3 amide bonds. The molecule has 2 aromatic rings. The highest BCUT2D eigenvalue weighted by molar-refractivity contribution is 6.30. The number of fused-ring (bicyclic) bond motifs is 3. The topological polar surface area (TPSA) is 69.7 Å². The lowest BCUT2D eigenvalue weighted by atomic mass is 10.0. The number of carbonyl (C=O) groups is 3. The number of nitrogens with one attached hydrogen (secondary N) is 1. The van der Waals surface area contributed by atoms with Gasteiger partial charge in [-0.1, -0.05) is 11.6 Å². The fourth-order valence-electron chi connectivity index (χ4n) is 3.67. The zero-order chi connectivity index (χ0) is 19.1. The average Bonchev–Trinajstić information content (AvgIpc) is 3.06. The maximum Gasteiger partial charge on any atom is 0.255 e. The zero-order valence-corrected chi connectivity index (χ0v) is 15.5. The molecule has 1 unspecified atom stereocenters. The fraction of sp³-hybridized carbons (Fsp3) is 0.250. The highest BCUT2D eigenvalue weighted by atomic mass is 35.5. The Bertz CT molecular complexity index is 942. The minimum absolute atomic E-state index is 0.0521. The molecule has 6 nitrogen and oxygen atoms in total. The Hall–Kier alpha value is -2.86. The van der Waals surface area contributed by atoms with E-state index in [0.717, 1.165) is 0 Å². The number of amides is 3. The third-order valence-corrected chi connectivity index (χ3v) is 5.22. The number of anilines is 3. The van der Waals surface area contributed by atoms with Crippen molar-refractivity contribution in [2.24, 2.45) is 0 Å². The van der Waals surface area contributed by atoms with Crippen LogP contribution in [0.15, 0.2) is 42.5 Å². The minimum Gasteiger partial charge on any atom is -0.322 e. The number of benzene rings is 2. The van der Waals surface area contributed by atoms with E-state index in [4.69, 9.17) is 11.6 Å². The lowest BCUT2D eigenvalue weighted by Crippen LogP contribution is -2.51. The van der Waals surface area contributed by atoms with Gasteiger partial charge in [-0.15, -0.1) is 0 Å². The molecule has 2 heterocycles. The Morgan fingerprint density at radius 3 is 2.59 bits per heavy atom. The number of carbonyl (C=O) groups excluding carboxylic acids is 3. The zero-order valence-electron chi connectivity index (χ0n) is 14.7. The number of halogens is 1. The maximum absolute atomic E-state index is 12.8. The molecule has 0 aliphatic carbocycles. The van der Waals surface area contributed by atoms with Gasteiger partial charge in [0.05, 0.1) is 11.4 Å². The monoisotopic (exact) mass is 383 g/mol. The van der Waals surface area contributed by atoms with Crippen LogP contribution in [0, 0.1) is 0 Å². The number of rotatable bonds is 3. The van der Waals surface area contributed by atoms with Crippen molar-refractivity contribution in [3.05, 3.63) is 53.1 Å². The molecule has 1 atom stereocenters. The molecule has 0 bridgehead atoms. The van der Waals surface area contributed by atoms with Crippen LogP contribution in [0.2, 0.25) is 5.02 Å². The smallest absolute Gasteiger partial charge is 0.255 e. The van der Waals surface area contributed by atoms with Crippen LogP contribution < -0.4 is 15.1 Å². The van der Waals surface area contributed by atoms with E-state index in [1.807, 2.05) is 6.92 Å². The van der Waals surface area contributed by atoms with Gasteiger partial charge in [-0.25, -0.2) is 0 Å². The first-order valence-corrected chi connectivity index (χ1v) is 9.22. The second-order valence-electron chi connectivity index (χ2n) is 6.57. The van der Waals surface area contributed by atoms with Gasteiger partial charge >= 0.3 is 0 Å². The lowest BCUT2D eigenvalue weighted by Gasteiger charge is -2.38. The second kappa shape index (κ2) is 6.70. The Labute approximate surface area is 161 Å². The van der Waals surface area contributed by atoms with Gasteiger partial charge in [0.2, 0.25) is 11.8 Å². The lowest BCUT2D eigenvalue weighted by molar-refractivity contribution is -0.122. The van der Waals surface area contributed by atoms with Crippen LogP contribution in [-0.2, 0) is 9.59 Å². The van der Waals surface area contributed by atoms with E-state index >= 15 is 0 Å². The molecule has 1 saturated heterocycles. The van der Waals surface area contributed by atoms with Crippen molar-refractivity contribution in [1.82, 2.24) is 0 Å². The van der Waals surface area contributed by atoms with Gasteiger partial charge in [-0.2, -0.15) is 0 Å². The molecule has 138 valence electrons. The molecule has 2 aliphatic rings. The molecule has 2 aromatic carbocycles. The van der Waals surface area contributed by atoms with Gasteiger partial charge in [0.15, 0.2) is 0 Å². The summed E-state index contributed by atoms with van der Waals surface area (Å²) >= 11 is 5.86. The van der Waals surface area contributed by atoms with Crippen molar-refractivity contribution in [3.63, 3.8) is 0 Å². The molecule has 1 N–H and O–H groups in total. The molecule has 1 fully saturated rings. The first-order chi connectivity index (χ1) is 13.0. The summed E-state index contributed by atoms with van der Waals surface area (Å²) in [6.07, 6.45) is 0.901. The van der Waals surface area contributed by atoms with Gasteiger partial charge in [-0.05, 0) is 55.8 Å². The Morgan fingerprint density at radius 2 is 1.89 bits per heavy atom. The Balaban J connectivity index is 1.68. The predicted octanol–water partition coefficient (Wildman–Crippen LogP) is 3.45. The minimum atomic E-state index is -0.432. The molecule has 0 saturated carbocycles. The van der Waals surface area contributed by atoms with E-state index in [-0.39, 0.29) is 17.7 Å². The van der Waals surface area contributed by atoms with Crippen LogP contribution in [0.3, 0.4) is 0 Å². The number of hydrogen-bond acceptors (Lipinski definition) is 3. The summed E-state index contributed by atoms with van der Waals surface area (Å²) in [5.41, 5.74) is 2.32. The van der Waals surface area contributed by atoms with Gasteiger partial charge in [0.25, 0.3) is 5.91 Å². The van der Waals surface area contributed by atoms with Gasteiger partial charge in [-0.3, -0.25) is 19.3 Å². The van der Waals surface area contributed by atoms with E-state index in [1.54, 1.807) is 52.3 Å². The highest BCUT2D eigenvalue weighted by Gasteiger charge is 2.44. The first-order valence-electron chi connectivity index (χ1n) is 8.84. The molecule has 0 aromatic heterocycles. The van der Waals surface area contributed by atoms with Crippen LogP contribution in [0.25, 0.3) is 0 Å². The van der Waals surface area contributed by atoms with Gasteiger partial charge in [0.1, 0.15) is 6.04 Å². The molecule has 27 heavy (non-hydrogen) atoms. The van der Waals surface area contributed by atoms with Gasteiger partial charge < -0.3 is 10.2 Å². The summed E-state index contributed by atoms with van der Waals surface area (Å²) in [5, 5.41) is 3.40. The van der Waals surface area contributed by atoms with E-state index in [1.165, 1.54) is 0 Å². The normalized spacial score (nSPS) is 18.4. The highest BCUT2D eigenvalue weighted by Crippen LogP contribution is 2.41. The van der Waals surface area contributed by atoms with Crippen LogP contribution >= 0.6 is 11.6 Å². The first kappa shape index (κ1) is 17.5. The number of likely N-dealkylation sites (N-methyl/N-ethyl adjacent to an activating group) is 1. The molecular formula is C20H18ClN3O3. The summed E-state index contributed by atoms with van der Waals surface area (Å²) in [7, 11) is 0. The van der Waals surface area contributed by atoms with Crippen molar-refractivity contribution >= 4 is 46.4 Å². The molecule has 0 spiro atoms. The van der Waals surface area contributed by atoms with Crippen LogP contribution in [0.1, 0.15) is 30.1 Å². The van der Waals surface area contributed by atoms with Crippen LogP contribution in [0.4, 0.5) is 17.1 Å². The maximum atomic E-state index is 12.8. The Kier molecular flexibility index (Phi) is 4.36. The van der Waals surface area contributed by atoms with Crippen molar-refractivity contribution in [2.75, 3.05) is 21.7 Å². The standard InChI is InChI=1S/C20H18ClN3O3/c1-2-23-17-11-12(19(26)22-14-6-4-13(21)5-7-14)3-8-15(17)24-16(20(23)27)9-10-18(24)25/h3-8,11,16H,2,9-10H2,1H3,(H,22,26). The third kappa shape index (κ3) is 2.96. The largest absolute Gasteiger partial charge is 0.322 e. The second-order valence-corrected chi connectivity index (χ2v) is 7.00. The van der Waals surface area contributed by atoms with Crippen LogP contribution in [-0.4, -0.2) is 30.3 Å². The Morgan fingerprint density at radius 1 is 1.15 bits per heavy atom. The average molecular weight is 384 g/mol. The van der Waals surface area contributed by atoms with Crippen molar-refractivity contribution < 1.29 is 14.4 Å². The summed E-state index contributed by atoms with van der Waals surface area (Å²) in [6.45, 7) is 2.36. The van der Waals surface area contributed by atoms with Crippen molar-refractivity contribution in [1.29, 1.82) is 0 Å². The van der Waals surface area contributed by atoms with E-state index in [0.29, 0.717) is 47.0 Å². The summed E-state index contributed by atoms with van der Waals surface area (Å²) in [6, 6.07) is 11.5. The number of hydrogen-bond donors (Lipinski definition) is 1. The third-order valence-electron chi connectivity index (χ3n) is 4.97. The molecule has 2 aliphatic heterocycles. The summed E-state index contributed by atoms with van der Waals surface area (Å²) < 4.78 is 0. The molecule has 4 rings (SSSR count). The fourth-order valence-corrected chi connectivity index (χ4v) is 3.79. The molecule has 7 heteroatoms. The quantitative estimate of drug-likeness (QED) is 0.882. The van der Waals surface area contributed by atoms with Crippen molar-refractivity contribution in [2.45, 2.75) is 25.8 Å². The van der Waals surface area contributed by atoms with E-state index in [9.17, 15) is 14.4 Å². The molecular weight excluding hydrogens is 366 g/mol. The summed E-state index contributed by atoms with van der Waals surface area (Å²) in [5.74, 6) is -0.437. The van der Waals surface area contributed by atoms with Crippen molar-refractivity contribution in [3.8, 4) is 0 Å². The summed E-state index contributed by atoms with van der Waals surface area (Å²) in [4.78, 5) is 40.9. The van der Waals surface area contributed by atoms with E-state index in [2.05, 4.69) is 5.32 Å². The predicted molar refractivity (Wildman–Crippen MR) is 104 cm³/mol. The van der Waals surface area contributed by atoms with Gasteiger partial charge in [0, 0.05) is 29.2 Å². The SMILES string of the molecule is CCN1C(=O)C2CCC(=O)N2c2ccc(C(=O)Nc3ccc(Cl)cc3)cc21. The van der Waals surface area contributed by atoms with E-state index < -0.39 is 6.04 Å². The van der Waals surface area contributed by atoms with Crippen LogP contribution in [0.5, 0.6) is 0 Å². The molecule has 0 radical (unpaired) electrons. The number of nitrogens with zero attached hydrogens (tertiary/aromatic N) is 2.